The van der Waals surface area contributed by atoms with Gasteiger partial charge in [0.1, 0.15) is 0 Å². The lowest BCUT2D eigenvalue weighted by Gasteiger charge is -2.19. The summed E-state index contributed by atoms with van der Waals surface area (Å²) in [5.74, 6) is 0.343. The van der Waals surface area contributed by atoms with E-state index in [0.717, 1.165) is 0 Å². The summed E-state index contributed by atoms with van der Waals surface area (Å²) in [4.78, 5) is 0. The molecule has 0 saturated carbocycles. The Morgan fingerprint density at radius 2 is 1.75 bits per heavy atom. The van der Waals surface area contributed by atoms with Gasteiger partial charge in [-0.25, -0.2) is 0 Å². The van der Waals surface area contributed by atoms with Crippen molar-refractivity contribution < 1.29 is 4.65 Å². The van der Waals surface area contributed by atoms with E-state index in [1.807, 2.05) is 0 Å². The van der Waals surface area contributed by atoms with Crippen LogP contribution in [0.4, 0.5) is 0 Å². The van der Waals surface area contributed by atoms with Crippen LogP contribution in [-0.2, 0) is 4.65 Å². The third-order valence-electron chi connectivity index (χ3n) is 0.384. The molecular weight excluding hydrogens is 193 g/mol. The molecule has 0 spiro atoms. The van der Waals surface area contributed by atoms with E-state index in [1.54, 1.807) is 0 Å². The summed E-state index contributed by atoms with van der Waals surface area (Å²) in [7, 11) is 0. The van der Waals surface area contributed by atoms with Gasteiger partial charge in [0.2, 0.25) is 0 Å². The molecular formula is C2H4BCl4O-. The highest BCUT2D eigenvalue weighted by molar-refractivity contribution is 7.62. The van der Waals surface area contributed by atoms with Gasteiger partial charge in [-0.15, -0.1) is 11.6 Å². The molecule has 0 rings (SSSR count). The van der Waals surface area contributed by atoms with E-state index in [9.17, 15) is 0 Å². The Balaban J connectivity index is 3.11. The van der Waals surface area contributed by atoms with Gasteiger partial charge in [-0.1, -0.05) is 0 Å². The highest BCUT2D eigenvalue weighted by atomic mass is 35.6. The van der Waals surface area contributed by atoms with Gasteiger partial charge in [-0.3, -0.25) is 0 Å². The fraction of sp³-hybridized carbons (Fsp3) is 1.00. The topological polar surface area (TPSA) is 9.23 Å². The van der Waals surface area contributed by atoms with Crippen LogP contribution >= 0.6 is 46.0 Å². The molecule has 8 heavy (non-hydrogen) atoms. The van der Waals surface area contributed by atoms with E-state index in [-0.39, 0.29) is 6.61 Å². The molecule has 0 aliphatic carbocycles. The largest absolute Gasteiger partial charge is 0.552 e. The fourth-order valence-corrected chi connectivity index (χ4v) is 0.535. The van der Waals surface area contributed by atoms with Crippen molar-refractivity contribution in [1.82, 2.24) is 0 Å². The predicted molar refractivity (Wildman–Crippen MR) is 40.0 cm³/mol. The van der Waals surface area contributed by atoms with Crippen LogP contribution in [0.15, 0.2) is 0 Å². The highest BCUT2D eigenvalue weighted by Crippen LogP contribution is 2.20. The van der Waals surface area contributed by atoms with Gasteiger partial charge in [0, 0.05) is 12.5 Å². The molecule has 0 fully saturated rings. The first kappa shape index (κ1) is 9.18. The summed E-state index contributed by atoms with van der Waals surface area (Å²) in [6.07, 6.45) is 0. The van der Waals surface area contributed by atoms with Gasteiger partial charge >= 0.3 is 4.59 Å². The number of alkyl halides is 1. The van der Waals surface area contributed by atoms with Crippen molar-refractivity contribution in [1.29, 1.82) is 0 Å². The zero-order valence-electron chi connectivity index (χ0n) is 3.91. The lowest BCUT2D eigenvalue weighted by molar-refractivity contribution is 0.363. The molecule has 1 nitrogen and oxygen atoms in total. The first-order chi connectivity index (χ1) is 3.56. The minimum atomic E-state index is -2.17. The summed E-state index contributed by atoms with van der Waals surface area (Å²) in [5, 5.41) is 0. The van der Waals surface area contributed by atoms with Crippen molar-refractivity contribution in [2.24, 2.45) is 0 Å². The van der Waals surface area contributed by atoms with Crippen molar-refractivity contribution in [2.45, 2.75) is 0 Å². The molecule has 0 aromatic rings. The Hall–Kier alpha value is 1.18. The molecule has 0 atom stereocenters. The second kappa shape index (κ2) is 4.07. The fourth-order valence-electron chi connectivity index (χ4n) is 0.178. The summed E-state index contributed by atoms with van der Waals surface area (Å²) in [6.45, 7) is 0.276. The van der Waals surface area contributed by atoms with E-state index < -0.39 is 4.59 Å². The van der Waals surface area contributed by atoms with Crippen molar-refractivity contribution in [3.8, 4) is 0 Å². The summed E-state index contributed by atoms with van der Waals surface area (Å²) in [6, 6.07) is 0. The second-order valence-electron chi connectivity index (χ2n) is 1.07. The van der Waals surface area contributed by atoms with Gasteiger partial charge < -0.3 is 39.0 Å². The first-order valence-electron chi connectivity index (χ1n) is 1.95. The van der Waals surface area contributed by atoms with Gasteiger partial charge in [0.15, 0.2) is 0 Å². The maximum absolute atomic E-state index is 5.22. The van der Waals surface area contributed by atoms with Crippen LogP contribution in [0.25, 0.3) is 0 Å². The molecule has 0 amide bonds. The molecule has 0 aliphatic heterocycles. The lowest BCUT2D eigenvalue weighted by atomic mass is 10.5. The molecule has 0 radical (unpaired) electrons. The van der Waals surface area contributed by atoms with Crippen molar-refractivity contribution in [3.63, 3.8) is 0 Å². The van der Waals surface area contributed by atoms with Crippen molar-refractivity contribution >= 4 is 50.6 Å². The average molecular weight is 197 g/mol. The Morgan fingerprint density at radius 1 is 1.25 bits per heavy atom. The maximum Gasteiger partial charge on any atom is 0.373 e. The summed E-state index contributed by atoms with van der Waals surface area (Å²) >= 11 is 20.9. The molecule has 0 unspecified atom stereocenters. The Labute approximate surface area is 67.9 Å². The molecule has 50 valence electrons. The van der Waals surface area contributed by atoms with Gasteiger partial charge in [-0.05, 0) is 0 Å². The SMILES string of the molecule is ClCCO[B-](Cl)(Cl)Cl. The van der Waals surface area contributed by atoms with Gasteiger partial charge in [0.25, 0.3) is 0 Å². The minimum Gasteiger partial charge on any atom is -0.552 e. The van der Waals surface area contributed by atoms with Crippen molar-refractivity contribution in [3.05, 3.63) is 0 Å². The van der Waals surface area contributed by atoms with E-state index in [0.29, 0.717) is 5.88 Å². The highest BCUT2D eigenvalue weighted by Gasteiger charge is 2.11. The van der Waals surface area contributed by atoms with E-state index in [1.165, 1.54) is 0 Å². The summed E-state index contributed by atoms with van der Waals surface area (Å²) in [5.41, 5.74) is 0. The van der Waals surface area contributed by atoms with Crippen molar-refractivity contribution in [2.75, 3.05) is 12.5 Å². The number of halogens is 4. The monoisotopic (exact) mass is 195 g/mol. The van der Waals surface area contributed by atoms with E-state index >= 15 is 0 Å². The number of rotatable bonds is 3. The Morgan fingerprint density at radius 3 is 1.88 bits per heavy atom. The quantitative estimate of drug-likeness (QED) is 0.498. The molecule has 0 saturated heterocycles. The van der Waals surface area contributed by atoms with Gasteiger partial charge in [-0.2, -0.15) is 0 Å². The molecule has 0 heterocycles. The second-order valence-corrected chi connectivity index (χ2v) is 3.97. The molecule has 0 aliphatic rings. The molecule has 0 N–H and O–H groups in total. The Kier molecular flexibility index (Phi) is 4.68. The van der Waals surface area contributed by atoms with Crippen LogP contribution in [0.2, 0.25) is 0 Å². The number of hydrogen-bond donors (Lipinski definition) is 0. The Bertz CT molecular complexity index is 61.5. The summed E-state index contributed by atoms with van der Waals surface area (Å²) < 4.78 is 2.44. The third kappa shape index (κ3) is 7.18. The maximum atomic E-state index is 5.22. The smallest absolute Gasteiger partial charge is 0.373 e. The third-order valence-corrected chi connectivity index (χ3v) is 0.916. The molecule has 6 heteroatoms. The van der Waals surface area contributed by atoms with E-state index in [4.69, 9.17) is 46.0 Å². The first-order valence-corrected chi connectivity index (χ1v) is 3.79. The lowest BCUT2D eigenvalue weighted by Crippen LogP contribution is -2.17. The van der Waals surface area contributed by atoms with Crippen LogP contribution in [0.5, 0.6) is 0 Å². The van der Waals surface area contributed by atoms with Crippen LogP contribution in [0.1, 0.15) is 0 Å². The van der Waals surface area contributed by atoms with Crippen LogP contribution in [0.3, 0.4) is 0 Å². The number of hydrogen-bond acceptors (Lipinski definition) is 1. The van der Waals surface area contributed by atoms with E-state index in [2.05, 4.69) is 4.65 Å². The van der Waals surface area contributed by atoms with Crippen LogP contribution in [0, 0.1) is 0 Å². The molecule has 0 aromatic heterocycles. The predicted octanol–water partition coefficient (Wildman–Crippen LogP) is 2.39. The minimum absolute atomic E-state index is 0.276. The zero-order valence-corrected chi connectivity index (χ0v) is 6.94. The molecule has 0 aromatic carbocycles. The molecule has 0 bridgehead atoms. The van der Waals surface area contributed by atoms with Gasteiger partial charge in [0.05, 0.1) is 0 Å². The standard InChI is InChI=1S/C2H4BCl4O/c4-1-2-8-3(5,6)7/h1-2H2/q-1. The van der Waals surface area contributed by atoms with Crippen LogP contribution < -0.4 is 0 Å². The zero-order chi connectivity index (χ0) is 6.62. The van der Waals surface area contributed by atoms with Crippen LogP contribution in [-0.4, -0.2) is 17.1 Å². The average Bonchev–Trinajstić information content (AvgIpc) is 1.59. The normalized spacial score (nSPS) is 12.0.